The minimum Gasteiger partial charge on any atom is -0.238 e. The van der Waals surface area contributed by atoms with Crippen LogP contribution in [0.5, 0.6) is 0 Å². The van der Waals surface area contributed by atoms with Crippen LogP contribution in [0.3, 0.4) is 0 Å². The number of rotatable bonds is 7. The molecule has 0 bridgehead atoms. The number of hydrogen-bond donors (Lipinski definition) is 0. The van der Waals surface area contributed by atoms with Crippen molar-refractivity contribution in [1.82, 2.24) is 0 Å². The monoisotopic (exact) mass is 396 g/mol. The first kappa shape index (κ1) is 22.0. The maximum absolute atomic E-state index is 15.8. The summed E-state index contributed by atoms with van der Waals surface area (Å²) < 4.78 is 43.2. The highest BCUT2D eigenvalue weighted by Crippen LogP contribution is 2.50. The lowest BCUT2D eigenvalue weighted by atomic mass is 9.63. The predicted octanol–water partition coefficient (Wildman–Crippen LogP) is 8.63. The molecule has 0 heterocycles. The van der Waals surface area contributed by atoms with Gasteiger partial charge < -0.3 is 0 Å². The molecule has 2 saturated carbocycles. The van der Waals surface area contributed by atoms with E-state index in [0.717, 1.165) is 43.6 Å². The van der Waals surface area contributed by atoms with E-state index in [0.29, 0.717) is 12.3 Å². The number of hydrogen-bond acceptors (Lipinski definition) is 0. The van der Waals surface area contributed by atoms with Crippen molar-refractivity contribution in [3.05, 3.63) is 23.8 Å². The van der Waals surface area contributed by atoms with E-state index < -0.39 is 23.2 Å². The van der Waals surface area contributed by atoms with Crippen molar-refractivity contribution in [1.29, 1.82) is 0 Å². The van der Waals surface area contributed by atoms with Crippen LogP contribution >= 0.6 is 0 Å². The molecule has 2 unspecified atom stereocenters. The summed E-state index contributed by atoms with van der Waals surface area (Å²) in [5.74, 6) is -0.157. The van der Waals surface area contributed by atoms with Gasteiger partial charge in [-0.15, -0.1) is 0 Å². The molecule has 2 fully saturated rings. The molecular weight excluding hydrogens is 357 g/mol. The minimum absolute atomic E-state index is 0.172. The van der Waals surface area contributed by atoms with E-state index in [2.05, 4.69) is 6.92 Å². The summed E-state index contributed by atoms with van der Waals surface area (Å²) in [6.45, 7) is 4.13. The molecule has 0 spiro atoms. The average Bonchev–Trinajstić information content (AvgIpc) is 2.71. The SMILES string of the molecule is CCCCCC1CCC(C2CCC(C3(F)C=C(F)C(F)=CC3CC)CC2)CC1. The highest BCUT2D eigenvalue weighted by molar-refractivity contribution is 5.32. The zero-order chi connectivity index (χ0) is 20.1. The summed E-state index contributed by atoms with van der Waals surface area (Å²) in [5.41, 5.74) is -1.71. The first-order chi connectivity index (χ1) is 13.5. The van der Waals surface area contributed by atoms with E-state index in [1.807, 2.05) is 6.92 Å². The largest absolute Gasteiger partial charge is 0.238 e. The van der Waals surface area contributed by atoms with Crippen molar-refractivity contribution < 1.29 is 13.2 Å². The van der Waals surface area contributed by atoms with Gasteiger partial charge in [-0.3, -0.25) is 0 Å². The Kier molecular flexibility index (Phi) is 7.73. The second kappa shape index (κ2) is 9.85. The standard InChI is InChI=1S/C25H39F3/c1-3-5-6-7-18-8-10-19(11-9-18)20-12-14-22(15-13-20)25(28)17-24(27)23(26)16-21(25)4-2/h16-22H,3-15H2,1-2H3. The molecule has 3 aliphatic carbocycles. The first-order valence-corrected chi connectivity index (χ1v) is 11.9. The van der Waals surface area contributed by atoms with Gasteiger partial charge in [0.2, 0.25) is 0 Å². The molecule has 0 radical (unpaired) electrons. The molecule has 0 amide bonds. The number of halogens is 3. The van der Waals surface area contributed by atoms with Gasteiger partial charge in [-0.1, -0.05) is 52.4 Å². The van der Waals surface area contributed by atoms with E-state index in [-0.39, 0.29) is 5.92 Å². The fourth-order valence-electron chi connectivity index (χ4n) is 6.27. The molecule has 0 N–H and O–H groups in total. The summed E-state index contributed by atoms with van der Waals surface area (Å²) >= 11 is 0. The van der Waals surface area contributed by atoms with Gasteiger partial charge >= 0.3 is 0 Å². The Morgan fingerprint density at radius 1 is 0.857 bits per heavy atom. The van der Waals surface area contributed by atoms with Gasteiger partial charge in [0.25, 0.3) is 0 Å². The molecule has 0 aliphatic heterocycles. The Labute approximate surface area is 170 Å². The lowest BCUT2D eigenvalue weighted by Gasteiger charge is -2.44. The van der Waals surface area contributed by atoms with Gasteiger partial charge in [-0.25, -0.2) is 13.2 Å². The topological polar surface area (TPSA) is 0 Å². The summed E-state index contributed by atoms with van der Waals surface area (Å²) in [6.07, 6.45) is 17.3. The molecule has 3 heteroatoms. The van der Waals surface area contributed by atoms with Crippen molar-refractivity contribution in [3.63, 3.8) is 0 Å². The minimum atomic E-state index is -1.71. The van der Waals surface area contributed by atoms with Gasteiger partial charge in [0, 0.05) is 5.92 Å². The molecule has 3 aliphatic rings. The maximum Gasteiger partial charge on any atom is 0.157 e. The van der Waals surface area contributed by atoms with Crippen LogP contribution in [-0.4, -0.2) is 5.67 Å². The van der Waals surface area contributed by atoms with Crippen LogP contribution in [0.2, 0.25) is 0 Å². The first-order valence-electron chi connectivity index (χ1n) is 11.9. The van der Waals surface area contributed by atoms with Crippen LogP contribution in [0.1, 0.15) is 97.3 Å². The van der Waals surface area contributed by atoms with E-state index in [9.17, 15) is 8.78 Å². The smallest absolute Gasteiger partial charge is 0.157 e. The Morgan fingerprint density at radius 2 is 1.46 bits per heavy atom. The highest BCUT2D eigenvalue weighted by atomic mass is 19.2. The van der Waals surface area contributed by atoms with Crippen LogP contribution in [0.15, 0.2) is 23.8 Å². The number of allylic oxidation sites excluding steroid dienone is 4. The van der Waals surface area contributed by atoms with E-state index >= 15 is 4.39 Å². The Bertz CT molecular complexity index is 550. The molecular formula is C25H39F3. The van der Waals surface area contributed by atoms with E-state index in [1.165, 1.54) is 57.4 Å². The molecule has 0 aromatic heterocycles. The number of unbranched alkanes of at least 4 members (excludes halogenated alkanes) is 2. The fraction of sp³-hybridized carbons (Fsp3) is 0.840. The summed E-state index contributed by atoms with van der Waals surface area (Å²) in [4.78, 5) is 0. The third kappa shape index (κ3) is 4.87. The molecule has 0 nitrogen and oxygen atoms in total. The van der Waals surface area contributed by atoms with E-state index in [1.54, 1.807) is 0 Å². The van der Waals surface area contributed by atoms with Gasteiger partial charge in [0.15, 0.2) is 11.7 Å². The Hall–Kier alpha value is -0.730. The third-order valence-corrected chi connectivity index (χ3v) is 8.10. The summed E-state index contributed by atoms with van der Waals surface area (Å²) in [5, 5.41) is 0. The second-order valence-corrected chi connectivity index (χ2v) is 9.74. The van der Waals surface area contributed by atoms with Crippen molar-refractivity contribution in [2.24, 2.45) is 29.6 Å². The Morgan fingerprint density at radius 3 is 2.04 bits per heavy atom. The fourth-order valence-corrected chi connectivity index (χ4v) is 6.27. The van der Waals surface area contributed by atoms with Gasteiger partial charge in [0.1, 0.15) is 5.67 Å². The van der Waals surface area contributed by atoms with Crippen molar-refractivity contribution >= 4 is 0 Å². The average molecular weight is 397 g/mol. The zero-order valence-electron chi connectivity index (χ0n) is 17.9. The molecule has 0 saturated heterocycles. The predicted molar refractivity (Wildman–Crippen MR) is 111 cm³/mol. The molecule has 0 aromatic carbocycles. The summed E-state index contributed by atoms with van der Waals surface area (Å²) in [6, 6.07) is 0. The van der Waals surface area contributed by atoms with Gasteiger partial charge in [-0.05, 0) is 80.8 Å². The lowest BCUT2D eigenvalue weighted by Crippen LogP contribution is -2.42. The Balaban J connectivity index is 1.50. The molecule has 28 heavy (non-hydrogen) atoms. The number of alkyl halides is 1. The lowest BCUT2D eigenvalue weighted by molar-refractivity contribution is 0.0318. The second-order valence-electron chi connectivity index (χ2n) is 9.74. The van der Waals surface area contributed by atoms with Crippen LogP contribution in [0.25, 0.3) is 0 Å². The summed E-state index contributed by atoms with van der Waals surface area (Å²) in [7, 11) is 0. The molecule has 160 valence electrons. The normalized spacial score (nSPS) is 39.4. The molecule has 2 atom stereocenters. The third-order valence-electron chi connectivity index (χ3n) is 8.10. The van der Waals surface area contributed by atoms with E-state index in [4.69, 9.17) is 0 Å². The van der Waals surface area contributed by atoms with Crippen molar-refractivity contribution in [3.8, 4) is 0 Å². The molecule has 3 rings (SSSR count). The van der Waals surface area contributed by atoms with Crippen LogP contribution < -0.4 is 0 Å². The highest BCUT2D eigenvalue weighted by Gasteiger charge is 2.47. The van der Waals surface area contributed by atoms with Gasteiger partial charge in [-0.2, -0.15) is 0 Å². The maximum atomic E-state index is 15.8. The van der Waals surface area contributed by atoms with Gasteiger partial charge in [0.05, 0.1) is 0 Å². The van der Waals surface area contributed by atoms with Crippen LogP contribution in [0, 0.1) is 29.6 Å². The quantitative estimate of drug-likeness (QED) is 0.378. The molecule has 0 aromatic rings. The van der Waals surface area contributed by atoms with Crippen molar-refractivity contribution in [2.75, 3.05) is 0 Å². The van der Waals surface area contributed by atoms with Crippen LogP contribution in [-0.2, 0) is 0 Å². The zero-order valence-corrected chi connectivity index (χ0v) is 17.9. The van der Waals surface area contributed by atoms with Crippen LogP contribution in [0.4, 0.5) is 13.2 Å². The van der Waals surface area contributed by atoms with Crippen molar-refractivity contribution in [2.45, 2.75) is 103 Å².